The number of hydrogen-bond acceptors (Lipinski definition) is 5. The molecular formula is C31H37ClN2O5. The Kier molecular flexibility index (Phi) is 7.64. The summed E-state index contributed by atoms with van der Waals surface area (Å²) in [5.41, 5.74) is 1.01. The van der Waals surface area contributed by atoms with Gasteiger partial charge in [-0.2, -0.15) is 0 Å². The molecule has 39 heavy (non-hydrogen) atoms. The quantitative estimate of drug-likeness (QED) is 0.418. The van der Waals surface area contributed by atoms with Gasteiger partial charge in [-0.25, -0.2) is 14.5 Å². The Bertz CT molecular complexity index is 1200. The van der Waals surface area contributed by atoms with Crippen molar-refractivity contribution in [2.24, 2.45) is 5.41 Å². The molecular weight excluding hydrogens is 516 g/mol. The molecule has 3 aliphatic rings. The summed E-state index contributed by atoms with van der Waals surface area (Å²) in [4.78, 5) is 44.1. The standard InChI is InChI=1S/C31H37ClN2O5/c1-30(2,3)39-28(36)33-20-31(15-7-8-16-31)18-25(33)26(22-11-13-23(32)14-12-22)27(35)34-24(19-38-29(34)37)17-21-9-5-4-6-10-21/h4-6,9-14,24-26H,7-8,15-20H2,1-3H3/t24-,25+,26?/m1/s1. The third kappa shape index (κ3) is 5.93. The summed E-state index contributed by atoms with van der Waals surface area (Å²) in [6.07, 6.45) is 4.33. The number of amides is 3. The molecule has 208 valence electrons. The van der Waals surface area contributed by atoms with E-state index in [0.717, 1.165) is 36.8 Å². The second-order valence-electron chi connectivity index (χ2n) is 12.2. The monoisotopic (exact) mass is 552 g/mol. The number of halogens is 1. The average Bonchev–Trinajstić information content (AvgIpc) is 3.59. The lowest BCUT2D eigenvalue weighted by atomic mass is 9.79. The zero-order chi connectivity index (χ0) is 27.8. The summed E-state index contributed by atoms with van der Waals surface area (Å²) in [6.45, 7) is 6.21. The zero-order valence-corrected chi connectivity index (χ0v) is 23.7. The third-order valence-corrected chi connectivity index (χ3v) is 8.49. The van der Waals surface area contributed by atoms with Crippen molar-refractivity contribution in [1.82, 2.24) is 9.80 Å². The highest BCUT2D eigenvalue weighted by Crippen LogP contribution is 2.51. The number of nitrogens with zero attached hydrogens (tertiary/aromatic N) is 2. The van der Waals surface area contributed by atoms with Crippen molar-refractivity contribution in [3.05, 3.63) is 70.7 Å². The summed E-state index contributed by atoms with van der Waals surface area (Å²) >= 11 is 6.22. The molecule has 0 bridgehead atoms. The van der Waals surface area contributed by atoms with Gasteiger partial charge in [0.1, 0.15) is 12.2 Å². The predicted octanol–water partition coefficient (Wildman–Crippen LogP) is 6.58. The minimum Gasteiger partial charge on any atom is -0.447 e. The molecule has 2 aliphatic heterocycles. The van der Waals surface area contributed by atoms with Crippen LogP contribution in [0, 0.1) is 5.41 Å². The summed E-state index contributed by atoms with van der Waals surface area (Å²) in [6, 6.07) is 16.0. The SMILES string of the molecule is CC(C)(C)OC(=O)N1CC2(CCCC2)C[C@H]1C(C(=O)N1C(=O)OC[C@H]1Cc1ccccc1)c1ccc(Cl)cc1. The fourth-order valence-electron chi connectivity index (χ4n) is 6.52. The van der Waals surface area contributed by atoms with Crippen molar-refractivity contribution in [1.29, 1.82) is 0 Å². The van der Waals surface area contributed by atoms with Crippen LogP contribution < -0.4 is 0 Å². The number of imide groups is 1. The van der Waals surface area contributed by atoms with Crippen LogP contribution in [0.4, 0.5) is 9.59 Å². The maximum Gasteiger partial charge on any atom is 0.417 e. The van der Waals surface area contributed by atoms with Crippen LogP contribution in [0.25, 0.3) is 0 Å². The molecule has 8 heteroatoms. The molecule has 0 aromatic heterocycles. The van der Waals surface area contributed by atoms with Gasteiger partial charge >= 0.3 is 12.2 Å². The third-order valence-electron chi connectivity index (χ3n) is 8.23. The molecule has 3 fully saturated rings. The average molecular weight is 553 g/mol. The summed E-state index contributed by atoms with van der Waals surface area (Å²) in [5.74, 6) is -1.12. The maximum atomic E-state index is 14.5. The van der Waals surface area contributed by atoms with E-state index in [1.165, 1.54) is 4.90 Å². The van der Waals surface area contributed by atoms with Crippen molar-refractivity contribution < 1.29 is 23.9 Å². The summed E-state index contributed by atoms with van der Waals surface area (Å²) in [5, 5.41) is 0.551. The first-order valence-corrected chi connectivity index (χ1v) is 14.2. The van der Waals surface area contributed by atoms with E-state index in [2.05, 4.69) is 0 Å². The van der Waals surface area contributed by atoms with Crippen molar-refractivity contribution in [3.63, 3.8) is 0 Å². The first-order valence-electron chi connectivity index (χ1n) is 13.8. The Labute approximate surface area is 235 Å². The number of benzene rings is 2. The van der Waals surface area contributed by atoms with Gasteiger partial charge in [0.2, 0.25) is 5.91 Å². The van der Waals surface area contributed by atoms with E-state index in [-0.39, 0.29) is 17.9 Å². The van der Waals surface area contributed by atoms with Gasteiger partial charge in [0.05, 0.1) is 18.0 Å². The second-order valence-corrected chi connectivity index (χ2v) is 12.7. The van der Waals surface area contributed by atoms with E-state index < -0.39 is 35.8 Å². The van der Waals surface area contributed by atoms with Crippen molar-refractivity contribution in [2.45, 2.75) is 82.9 Å². The minimum absolute atomic E-state index is 0.0541. The number of likely N-dealkylation sites (tertiary alicyclic amines) is 1. The smallest absolute Gasteiger partial charge is 0.417 e. The van der Waals surface area contributed by atoms with Crippen molar-refractivity contribution >= 4 is 29.7 Å². The highest BCUT2D eigenvalue weighted by molar-refractivity contribution is 6.30. The van der Waals surface area contributed by atoms with E-state index in [0.29, 0.717) is 24.4 Å². The fraction of sp³-hybridized carbons (Fsp3) is 0.516. The number of carbonyl (C=O) groups is 3. The molecule has 1 aliphatic carbocycles. The lowest BCUT2D eigenvalue weighted by molar-refractivity contribution is -0.132. The van der Waals surface area contributed by atoms with Gasteiger partial charge in [0, 0.05) is 11.6 Å². The molecule has 1 unspecified atom stereocenters. The number of rotatable bonds is 5. The zero-order valence-electron chi connectivity index (χ0n) is 22.9. The Morgan fingerprint density at radius 3 is 2.38 bits per heavy atom. The topological polar surface area (TPSA) is 76.2 Å². The molecule has 3 atom stereocenters. The first kappa shape index (κ1) is 27.5. The van der Waals surface area contributed by atoms with Crippen LogP contribution in [0.2, 0.25) is 5.02 Å². The molecule has 3 amide bonds. The Morgan fingerprint density at radius 1 is 1.08 bits per heavy atom. The van der Waals surface area contributed by atoms with E-state index in [1.807, 2.05) is 63.2 Å². The molecule has 5 rings (SSSR count). The van der Waals surface area contributed by atoms with Crippen LogP contribution >= 0.6 is 11.6 Å². The first-order chi connectivity index (χ1) is 18.6. The van der Waals surface area contributed by atoms with Gasteiger partial charge in [0.25, 0.3) is 0 Å². The van der Waals surface area contributed by atoms with Gasteiger partial charge in [0.15, 0.2) is 0 Å². The van der Waals surface area contributed by atoms with Gasteiger partial charge < -0.3 is 14.4 Å². The highest BCUT2D eigenvalue weighted by atomic mass is 35.5. The van der Waals surface area contributed by atoms with Gasteiger partial charge in [-0.3, -0.25) is 4.79 Å². The number of carbonyl (C=O) groups excluding carboxylic acids is 3. The Morgan fingerprint density at radius 2 is 1.74 bits per heavy atom. The maximum absolute atomic E-state index is 14.5. The summed E-state index contributed by atoms with van der Waals surface area (Å²) < 4.78 is 11.2. The molecule has 2 aromatic carbocycles. The minimum atomic E-state index is -0.765. The van der Waals surface area contributed by atoms with Crippen LogP contribution in [0.3, 0.4) is 0 Å². The lowest BCUT2D eigenvalue weighted by Gasteiger charge is -2.34. The van der Waals surface area contributed by atoms with Crippen LogP contribution in [-0.4, -0.2) is 58.7 Å². The van der Waals surface area contributed by atoms with Crippen molar-refractivity contribution in [3.8, 4) is 0 Å². The largest absolute Gasteiger partial charge is 0.447 e. The number of hydrogen-bond donors (Lipinski definition) is 0. The number of ether oxygens (including phenoxy) is 2. The van der Waals surface area contributed by atoms with Gasteiger partial charge in [-0.05, 0) is 75.1 Å². The van der Waals surface area contributed by atoms with Crippen LogP contribution in [0.5, 0.6) is 0 Å². The second kappa shape index (κ2) is 10.8. The molecule has 0 N–H and O–H groups in total. The van der Waals surface area contributed by atoms with E-state index in [1.54, 1.807) is 17.0 Å². The van der Waals surface area contributed by atoms with Crippen LogP contribution in [-0.2, 0) is 20.7 Å². The van der Waals surface area contributed by atoms with Gasteiger partial charge in [-0.15, -0.1) is 0 Å². The molecule has 1 saturated carbocycles. The normalized spacial score (nSPS) is 23.2. The number of cyclic esters (lactones) is 1. The predicted molar refractivity (Wildman–Crippen MR) is 149 cm³/mol. The Hall–Kier alpha value is -3.06. The van der Waals surface area contributed by atoms with E-state index in [9.17, 15) is 14.4 Å². The molecule has 1 spiro atoms. The van der Waals surface area contributed by atoms with E-state index in [4.69, 9.17) is 21.1 Å². The van der Waals surface area contributed by atoms with Crippen LogP contribution in [0.1, 0.15) is 69.9 Å². The van der Waals surface area contributed by atoms with Crippen LogP contribution in [0.15, 0.2) is 54.6 Å². The molecule has 0 radical (unpaired) electrons. The molecule has 2 saturated heterocycles. The molecule has 2 aromatic rings. The van der Waals surface area contributed by atoms with Crippen molar-refractivity contribution in [2.75, 3.05) is 13.2 Å². The fourth-order valence-corrected chi connectivity index (χ4v) is 6.64. The van der Waals surface area contributed by atoms with Gasteiger partial charge in [-0.1, -0.05) is 66.9 Å². The summed E-state index contributed by atoms with van der Waals surface area (Å²) in [7, 11) is 0. The Balaban J connectivity index is 1.53. The lowest BCUT2D eigenvalue weighted by Crippen LogP contribution is -2.50. The van der Waals surface area contributed by atoms with E-state index >= 15 is 0 Å². The highest BCUT2D eigenvalue weighted by Gasteiger charge is 2.54. The molecule has 2 heterocycles. The molecule has 7 nitrogen and oxygen atoms in total.